The van der Waals surface area contributed by atoms with Gasteiger partial charge in [-0.05, 0) is 36.6 Å². The number of halogens is 2. The minimum absolute atomic E-state index is 0.236. The average molecular weight is 380 g/mol. The van der Waals surface area contributed by atoms with Crippen LogP contribution in [-0.2, 0) is 20.7 Å². The number of carbonyl (C=O) groups is 2. The first kappa shape index (κ1) is 19.3. The maximum Gasteiger partial charge on any atom is 0.306 e. The quantitative estimate of drug-likeness (QED) is 0.727. The highest BCUT2D eigenvalue weighted by Gasteiger charge is 2.13. The van der Waals surface area contributed by atoms with Gasteiger partial charge in [0.2, 0.25) is 0 Å². The molecule has 1 unspecified atom stereocenters. The van der Waals surface area contributed by atoms with Crippen LogP contribution in [0, 0.1) is 0 Å². The van der Waals surface area contributed by atoms with Gasteiger partial charge < -0.3 is 10.1 Å². The fourth-order valence-electron chi connectivity index (χ4n) is 2.26. The van der Waals surface area contributed by atoms with Crippen molar-refractivity contribution >= 4 is 35.1 Å². The van der Waals surface area contributed by atoms with Crippen LogP contribution in [0.25, 0.3) is 0 Å². The highest BCUT2D eigenvalue weighted by Crippen LogP contribution is 2.25. The maximum absolute atomic E-state index is 11.9. The zero-order valence-corrected chi connectivity index (χ0v) is 15.3. The van der Waals surface area contributed by atoms with Crippen molar-refractivity contribution < 1.29 is 14.3 Å². The van der Waals surface area contributed by atoms with Gasteiger partial charge in [0.25, 0.3) is 5.91 Å². The summed E-state index contributed by atoms with van der Waals surface area (Å²) in [7, 11) is 0. The molecule has 4 nitrogen and oxygen atoms in total. The highest BCUT2D eigenvalue weighted by molar-refractivity contribution is 6.42. The summed E-state index contributed by atoms with van der Waals surface area (Å²) in [5.74, 6) is -0.771. The first-order chi connectivity index (χ1) is 12.0. The largest absolute Gasteiger partial charge is 0.456 e. The Morgan fingerprint density at radius 2 is 1.80 bits per heavy atom. The number of carbonyl (C=O) groups excluding carboxylic acids is 2. The Morgan fingerprint density at radius 1 is 1.08 bits per heavy atom. The van der Waals surface area contributed by atoms with Gasteiger partial charge in [-0.15, -0.1) is 0 Å². The lowest BCUT2D eigenvalue weighted by atomic mass is 10.1. The third kappa shape index (κ3) is 6.40. The molecule has 6 heteroatoms. The Morgan fingerprint density at radius 3 is 2.48 bits per heavy atom. The molecule has 1 atom stereocenters. The van der Waals surface area contributed by atoms with E-state index >= 15 is 0 Å². The fourth-order valence-corrected chi connectivity index (χ4v) is 2.56. The van der Waals surface area contributed by atoms with Crippen LogP contribution >= 0.6 is 23.2 Å². The molecule has 2 aromatic rings. The number of ether oxygens (including phenoxy) is 1. The normalized spacial score (nSPS) is 11.6. The minimum Gasteiger partial charge on any atom is -0.456 e. The molecule has 2 aromatic carbocycles. The molecule has 0 heterocycles. The number of aryl methyl sites for hydroxylation is 1. The summed E-state index contributed by atoms with van der Waals surface area (Å²) in [6.07, 6.45) is 0.820. The second-order valence-corrected chi connectivity index (χ2v) is 6.42. The summed E-state index contributed by atoms with van der Waals surface area (Å²) in [6, 6.07) is 14.5. The first-order valence-corrected chi connectivity index (χ1v) is 8.65. The predicted octanol–water partition coefficient (Wildman–Crippen LogP) is 4.35. The van der Waals surface area contributed by atoms with Crippen LogP contribution in [0.15, 0.2) is 48.5 Å². The van der Waals surface area contributed by atoms with Gasteiger partial charge in [0.1, 0.15) is 0 Å². The molecule has 2 rings (SSSR count). The molecular weight excluding hydrogens is 361 g/mol. The lowest BCUT2D eigenvalue weighted by molar-refractivity contribution is -0.148. The summed E-state index contributed by atoms with van der Waals surface area (Å²) < 4.78 is 5.01. The molecule has 1 N–H and O–H groups in total. The number of esters is 1. The van der Waals surface area contributed by atoms with Crippen molar-refractivity contribution in [3.8, 4) is 0 Å². The van der Waals surface area contributed by atoms with E-state index in [0.29, 0.717) is 16.5 Å². The molecule has 0 aliphatic rings. The Labute approximate surface area is 157 Å². The summed E-state index contributed by atoms with van der Waals surface area (Å²) in [4.78, 5) is 23.6. The molecule has 0 radical (unpaired) electrons. The third-order valence-electron chi connectivity index (χ3n) is 3.65. The second-order valence-electron chi connectivity index (χ2n) is 5.61. The van der Waals surface area contributed by atoms with Crippen LogP contribution in [0.1, 0.15) is 30.5 Å². The first-order valence-electron chi connectivity index (χ1n) is 7.89. The maximum atomic E-state index is 11.9. The predicted molar refractivity (Wildman–Crippen MR) is 98.7 cm³/mol. The molecule has 0 bridgehead atoms. The van der Waals surface area contributed by atoms with Crippen LogP contribution in [0.5, 0.6) is 0 Å². The van der Waals surface area contributed by atoms with E-state index in [9.17, 15) is 9.59 Å². The molecule has 0 saturated carbocycles. The number of rotatable bonds is 7. The average Bonchev–Trinajstić information content (AvgIpc) is 2.61. The Balaban J connectivity index is 1.74. The van der Waals surface area contributed by atoms with E-state index in [1.807, 2.05) is 37.3 Å². The monoisotopic (exact) mass is 379 g/mol. The Bertz CT molecular complexity index is 735. The van der Waals surface area contributed by atoms with Crippen LogP contribution in [-0.4, -0.2) is 18.5 Å². The second kappa shape index (κ2) is 9.44. The Hall–Kier alpha value is -2.04. The van der Waals surface area contributed by atoms with Gasteiger partial charge in [0.15, 0.2) is 6.61 Å². The van der Waals surface area contributed by atoms with Gasteiger partial charge >= 0.3 is 5.97 Å². The van der Waals surface area contributed by atoms with Crippen LogP contribution in [0.4, 0.5) is 0 Å². The molecule has 0 saturated heterocycles. The van der Waals surface area contributed by atoms with Crippen molar-refractivity contribution in [2.75, 3.05) is 6.61 Å². The van der Waals surface area contributed by atoms with Gasteiger partial charge in [0.05, 0.1) is 16.1 Å². The van der Waals surface area contributed by atoms with Crippen molar-refractivity contribution in [2.45, 2.75) is 25.8 Å². The van der Waals surface area contributed by atoms with E-state index in [0.717, 1.165) is 11.1 Å². The number of hydrogen-bond donors (Lipinski definition) is 1. The van der Waals surface area contributed by atoms with E-state index in [-0.39, 0.29) is 25.0 Å². The number of amides is 1. The van der Waals surface area contributed by atoms with Crippen LogP contribution in [0.2, 0.25) is 10.0 Å². The molecule has 25 heavy (non-hydrogen) atoms. The lowest BCUT2D eigenvalue weighted by Crippen LogP contribution is -2.31. The molecule has 132 valence electrons. The van der Waals surface area contributed by atoms with E-state index in [1.54, 1.807) is 18.2 Å². The van der Waals surface area contributed by atoms with Gasteiger partial charge in [-0.25, -0.2) is 0 Å². The van der Waals surface area contributed by atoms with E-state index in [1.165, 1.54) is 0 Å². The summed E-state index contributed by atoms with van der Waals surface area (Å²) in [6.45, 7) is 1.51. The lowest BCUT2D eigenvalue weighted by Gasteiger charge is -2.15. The molecule has 0 spiro atoms. The summed E-state index contributed by atoms with van der Waals surface area (Å²) >= 11 is 11.8. The molecule has 0 fully saturated rings. The van der Waals surface area contributed by atoms with Crippen molar-refractivity contribution in [1.29, 1.82) is 0 Å². The van der Waals surface area contributed by atoms with Gasteiger partial charge in [0, 0.05) is 6.42 Å². The number of nitrogens with one attached hydrogen (secondary N) is 1. The SMILES string of the molecule is CC(NC(=O)COC(=O)CCc1ccccc1)c1ccc(Cl)c(Cl)c1. The summed E-state index contributed by atoms with van der Waals surface area (Å²) in [5.41, 5.74) is 1.87. The molecular formula is C19H19Cl2NO3. The molecule has 1 amide bonds. The molecule has 0 aromatic heterocycles. The summed E-state index contributed by atoms with van der Waals surface area (Å²) in [5, 5.41) is 3.63. The smallest absolute Gasteiger partial charge is 0.306 e. The van der Waals surface area contributed by atoms with E-state index < -0.39 is 5.97 Å². The van der Waals surface area contributed by atoms with Crippen LogP contribution in [0.3, 0.4) is 0 Å². The topological polar surface area (TPSA) is 55.4 Å². The highest BCUT2D eigenvalue weighted by atomic mass is 35.5. The van der Waals surface area contributed by atoms with Gasteiger partial charge in [-0.2, -0.15) is 0 Å². The zero-order valence-electron chi connectivity index (χ0n) is 13.8. The van der Waals surface area contributed by atoms with Crippen LogP contribution < -0.4 is 5.32 Å². The zero-order chi connectivity index (χ0) is 18.2. The molecule has 0 aliphatic carbocycles. The van der Waals surface area contributed by atoms with Crippen molar-refractivity contribution in [3.63, 3.8) is 0 Å². The van der Waals surface area contributed by atoms with Crippen molar-refractivity contribution in [1.82, 2.24) is 5.32 Å². The number of benzene rings is 2. The van der Waals surface area contributed by atoms with Crippen molar-refractivity contribution in [2.24, 2.45) is 0 Å². The number of hydrogen-bond acceptors (Lipinski definition) is 3. The van der Waals surface area contributed by atoms with E-state index in [4.69, 9.17) is 27.9 Å². The Kier molecular flexibility index (Phi) is 7.29. The van der Waals surface area contributed by atoms with Gasteiger partial charge in [-0.1, -0.05) is 59.6 Å². The third-order valence-corrected chi connectivity index (χ3v) is 4.39. The minimum atomic E-state index is -0.402. The fraction of sp³-hybridized carbons (Fsp3) is 0.263. The molecule has 0 aliphatic heterocycles. The van der Waals surface area contributed by atoms with Crippen molar-refractivity contribution in [3.05, 3.63) is 69.7 Å². The van der Waals surface area contributed by atoms with E-state index in [2.05, 4.69) is 5.32 Å². The van der Waals surface area contributed by atoms with Gasteiger partial charge in [-0.3, -0.25) is 9.59 Å². The standard InChI is InChI=1S/C19H19Cl2NO3/c1-13(15-8-9-16(20)17(21)11-15)22-18(23)12-25-19(24)10-7-14-5-3-2-4-6-14/h2-6,8-9,11,13H,7,10,12H2,1H3,(H,22,23).